The van der Waals surface area contributed by atoms with Gasteiger partial charge >= 0.3 is 0 Å². The van der Waals surface area contributed by atoms with Gasteiger partial charge in [-0.2, -0.15) is 0 Å². The van der Waals surface area contributed by atoms with Crippen LogP contribution in [0.1, 0.15) is 31.2 Å². The number of ether oxygens (including phenoxy) is 1. The predicted molar refractivity (Wildman–Crippen MR) is 74.7 cm³/mol. The molecule has 1 fully saturated rings. The SMILES string of the molecule is COc1c(N)cc(C)cc1S(=O)(=O)NC1CCCC1. The average molecular weight is 284 g/mol. The van der Waals surface area contributed by atoms with Gasteiger partial charge in [0.1, 0.15) is 4.90 Å². The molecule has 1 saturated carbocycles. The van der Waals surface area contributed by atoms with Crippen molar-refractivity contribution in [3.63, 3.8) is 0 Å². The molecule has 0 radical (unpaired) electrons. The summed E-state index contributed by atoms with van der Waals surface area (Å²) in [5, 5.41) is 0. The summed E-state index contributed by atoms with van der Waals surface area (Å²) in [6, 6.07) is 3.32. The highest BCUT2D eigenvalue weighted by Gasteiger charge is 2.26. The van der Waals surface area contributed by atoms with Crippen LogP contribution in [-0.2, 0) is 10.0 Å². The molecule has 0 atom stereocenters. The number of nitrogen functional groups attached to an aromatic ring is 1. The molecular weight excluding hydrogens is 264 g/mol. The second kappa shape index (κ2) is 5.38. The molecule has 106 valence electrons. The Kier molecular flexibility index (Phi) is 4.01. The van der Waals surface area contributed by atoms with Crippen molar-refractivity contribution in [1.29, 1.82) is 0 Å². The van der Waals surface area contributed by atoms with Crippen molar-refractivity contribution in [2.24, 2.45) is 0 Å². The number of nitrogens with two attached hydrogens (primary N) is 1. The molecule has 2 rings (SSSR count). The van der Waals surface area contributed by atoms with Crippen LogP contribution >= 0.6 is 0 Å². The number of aryl methyl sites for hydroxylation is 1. The monoisotopic (exact) mass is 284 g/mol. The van der Waals surface area contributed by atoms with E-state index in [2.05, 4.69) is 4.72 Å². The van der Waals surface area contributed by atoms with E-state index in [4.69, 9.17) is 10.5 Å². The zero-order chi connectivity index (χ0) is 14.0. The fourth-order valence-electron chi connectivity index (χ4n) is 2.51. The van der Waals surface area contributed by atoms with Crippen molar-refractivity contribution in [3.05, 3.63) is 17.7 Å². The molecule has 1 aromatic rings. The van der Waals surface area contributed by atoms with Gasteiger partial charge in [0.15, 0.2) is 5.75 Å². The van der Waals surface area contributed by atoms with Crippen LogP contribution in [0.2, 0.25) is 0 Å². The van der Waals surface area contributed by atoms with Crippen molar-refractivity contribution < 1.29 is 13.2 Å². The summed E-state index contributed by atoms with van der Waals surface area (Å²) in [7, 11) is -2.16. The van der Waals surface area contributed by atoms with Gasteiger partial charge < -0.3 is 10.5 Å². The van der Waals surface area contributed by atoms with Gasteiger partial charge in [-0.05, 0) is 37.5 Å². The van der Waals surface area contributed by atoms with Crippen LogP contribution in [0.5, 0.6) is 5.75 Å². The van der Waals surface area contributed by atoms with Gasteiger partial charge in [-0.3, -0.25) is 0 Å². The summed E-state index contributed by atoms with van der Waals surface area (Å²) in [5.41, 5.74) is 6.96. The average Bonchev–Trinajstić information content (AvgIpc) is 2.80. The zero-order valence-corrected chi connectivity index (χ0v) is 12.1. The second-order valence-electron chi connectivity index (χ2n) is 4.99. The van der Waals surface area contributed by atoms with Crippen molar-refractivity contribution >= 4 is 15.7 Å². The molecule has 6 heteroatoms. The Morgan fingerprint density at radius 1 is 1.32 bits per heavy atom. The third-order valence-electron chi connectivity index (χ3n) is 3.40. The molecule has 0 saturated heterocycles. The number of benzene rings is 1. The van der Waals surface area contributed by atoms with E-state index in [0.29, 0.717) is 5.69 Å². The molecule has 0 bridgehead atoms. The molecular formula is C13H20N2O3S. The first-order valence-corrected chi connectivity index (χ1v) is 7.89. The fraction of sp³-hybridized carbons (Fsp3) is 0.538. The van der Waals surface area contributed by atoms with Crippen LogP contribution in [0.25, 0.3) is 0 Å². The van der Waals surface area contributed by atoms with Gasteiger partial charge in [0, 0.05) is 6.04 Å². The van der Waals surface area contributed by atoms with Crippen LogP contribution in [-0.4, -0.2) is 21.6 Å². The van der Waals surface area contributed by atoms with E-state index in [1.54, 1.807) is 12.1 Å². The van der Waals surface area contributed by atoms with E-state index >= 15 is 0 Å². The van der Waals surface area contributed by atoms with Gasteiger partial charge in [-0.25, -0.2) is 13.1 Å². The minimum absolute atomic E-state index is 0.0245. The molecule has 1 aromatic carbocycles. The van der Waals surface area contributed by atoms with Crippen molar-refractivity contribution in [2.45, 2.75) is 43.5 Å². The number of hydrogen-bond donors (Lipinski definition) is 2. The van der Waals surface area contributed by atoms with Crippen LogP contribution in [0, 0.1) is 6.92 Å². The van der Waals surface area contributed by atoms with E-state index in [9.17, 15) is 8.42 Å². The molecule has 19 heavy (non-hydrogen) atoms. The van der Waals surface area contributed by atoms with Crippen molar-refractivity contribution in [1.82, 2.24) is 4.72 Å². The molecule has 0 unspecified atom stereocenters. The minimum Gasteiger partial charge on any atom is -0.493 e. The Morgan fingerprint density at radius 2 is 1.95 bits per heavy atom. The molecule has 0 aliphatic heterocycles. The maximum atomic E-state index is 12.4. The molecule has 1 aliphatic rings. The van der Waals surface area contributed by atoms with E-state index in [1.807, 2.05) is 6.92 Å². The summed E-state index contributed by atoms with van der Waals surface area (Å²) in [6.45, 7) is 1.81. The Bertz CT molecular complexity index is 563. The number of anilines is 1. The van der Waals surface area contributed by atoms with E-state index in [0.717, 1.165) is 31.2 Å². The minimum atomic E-state index is -3.59. The summed E-state index contributed by atoms with van der Waals surface area (Å²) in [5.74, 6) is 0.219. The summed E-state index contributed by atoms with van der Waals surface area (Å²) >= 11 is 0. The molecule has 5 nitrogen and oxygen atoms in total. The van der Waals surface area contributed by atoms with E-state index in [1.165, 1.54) is 7.11 Å². The third kappa shape index (κ3) is 3.01. The number of hydrogen-bond acceptors (Lipinski definition) is 4. The molecule has 1 aliphatic carbocycles. The Morgan fingerprint density at radius 3 is 2.53 bits per heavy atom. The van der Waals surface area contributed by atoms with Gasteiger partial charge in [-0.1, -0.05) is 12.8 Å². The van der Waals surface area contributed by atoms with Crippen molar-refractivity contribution in [2.75, 3.05) is 12.8 Å². The summed E-state index contributed by atoms with van der Waals surface area (Å²) < 4.78 is 32.7. The lowest BCUT2D eigenvalue weighted by molar-refractivity contribution is 0.404. The lowest BCUT2D eigenvalue weighted by atomic mass is 10.2. The summed E-state index contributed by atoms with van der Waals surface area (Å²) in [4.78, 5) is 0.124. The Labute approximate surface area is 114 Å². The molecule has 0 spiro atoms. The molecule has 0 heterocycles. The normalized spacial score (nSPS) is 16.7. The van der Waals surface area contributed by atoms with Crippen LogP contribution in [0.3, 0.4) is 0 Å². The maximum Gasteiger partial charge on any atom is 0.244 e. The lowest BCUT2D eigenvalue weighted by Gasteiger charge is -2.16. The largest absolute Gasteiger partial charge is 0.493 e. The highest BCUT2D eigenvalue weighted by Crippen LogP contribution is 2.32. The highest BCUT2D eigenvalue weighted by molar-refractivity contribution is 7.89. The van der Waals surface area contributed by atoms with Gasteiger partial charge in [-0.15, -0.1) is 0 Å². The molecule has 3 N–H and O–H groups in total. The smallest absolute Gasteiger partial charge is 0.244 e. The van der Waals surface area contributed by atoms with Gasteiger partial charge in [0.2, 0.25) is 10.0 Å². The standard InChI is InChI=1S/C13H20N2O3S/c1-9-7-11(14)13(18-2)12(8-9)19(16,17)15-10-5-3-4-6-10/h7-8,10,15H,3-6,14H2,1-2H3. The third-order valence-corrected chi connectivity index (χ3v) is 4.92. The van der Waals surface area contributed by atoms with E-state index < -0.39 is 10.0 Å². The fourth-order valence-corrected chi connectivity index (χ4v) is 4.10. The first kappa shape index (κ1) is 14.1. The number of rotatable bonds is 4. The maximum absolute atomic E-state index is 12.4. The van der Waals surface area contributed by atoms with Crippen LogP contribution < -0.4 is 15.2 Å². The van der Waals surface area contributed by atoms with Gasteiger partial charge in [0.25, 0.3) is 0 Å². The molecule has 0 aromatic heterocycles. The quantitative estimate of drug-likeness (QED) is 0.826. The highest BCUT2D eigenvalue weighted by atomic mass is 32.2. The lowest BCUT2D eigenvalue weighted by Crippen LogP contribution is -2.33. The topological polar surface area (TPSA) is 81.4 Å². The number of sulfonamides is 1. The van der Waals surface area contributed by atoms with E-state index in [-0.39, 0.29) is 16.7 Å². The second-order valence-corrected chi connectivity index (χ2v) is 6.67. The number of methoxy groups -OCH3 is 1. The molecule has 0 amide bonds. The number of nitrogens with one attached hydrogen (secondary N) is 1. The Balaban J connectivity index is 2.38. The van der Waals surface area contributed by atoms with Gasteiger partial charge in [0.05, 0.1) is 12.8 Å². The first-order valence-electron chi connectivity index (χ1n) is 6.40. The summed E-state index contributed by atoms with van der Waals surface area (Å²) in [6.07, 6.45) is 3.92. The predicted octanol–water partition coefficient (Wildman–Crippen LogP) is 1.81. The zero-order valence-electron chi connectivity index (χ0n) is 11.3. The van der Waals surface area contributed by atoms with Crippen LogP contribution in [0.15, 0.2) is 17.0 Å². The Hall–Kier alpha value is -1.27. The van der Waals surface area contributed by atoms with Crippen LogP contribution in [0.4, 0.5) is 5.69 Å². The van der Waals surface area contributed by atoms with Crippen molar-refractivity contribution in [3.8, 4) is 5.75 Å². The first-order chi connectivity index (χ1) is 8.94.